The van der Waals surface area contributed by atoms with Crippen molar-refractivity contribution in [2.24, 2.45) is 0 Å². The first kappa shape index (κ1) is 13.3. The molecule has 18 heavy (non-hydrogen) atoms. The van der Waals surface area contributed by atoms with Gasteiger partial charge in [0.25, 0.3) is 0 Å². The van der Waals surface area contributed by atoms with E-state index in [0.29, 0.717) is 16.1 Å². The molecule has 1 heterocycles. The van der Waals surface area contributed by atoms with Crippen LogP contribution in [0.4, 0.5) is 0 Å². The number of ketones is 1. The maximum absolute atomic E-state index is 12.2. The minimum Gasteiger partial charge on any atom is -0.288 e. The molecule has 1 aromatic heterocycles. The molecular formula is C13H12BrClN2O. The lowest BCUT2D eigenvalue weighted by Crippen LogP contribution is -2.01. The maximum Gasteiger partial charge on any atom is 0.197 e. The van der Waals surface area contributed by atoms with Crippen LogP contribution in [-0.4, -0.2) is 15.6 Å². The summed E-state index contributed by atoms with van der Waals surface area (Å²) >= 11 is 9.38. The molecule has 0 spiro atoms. The van der Waals surface area contributed by atoms with Crippen molar-refractivity contribution in [2.75, 3.05) is 0 Å². The number of rotatable bonds is 4. The highest BCUT2D eigenvalue weighted by Crippen LogP contribution is 2.23. The van der Waals surface area contributed by atoms with Gasteiger partial charge in [-0.15, -0.1) is 0 Å². The molecule has 1 aromatic carbocycles. The van der Waals surface area contributed by atoms with E-state index in [0.717, 1.165) is 17.4 Å². The average molecular weight is 328 g/mol. The first-order chi connectivity index (χ1) is 8.61. The molecule has 5 heteroatoms. The Hall–Kier alpha value is -1.13. The zero-order chi connectivity index (χ0) is 13.1. The van der Waals surface area contributed by atoms with Gasteiger partial charge in [0.1, 0.15) is 0 Å². The first-order valence-electron chi connectivity index (χ1n) is 5.64. The molecule has 94 valence electrons. The number of aromatic nitrogens is 2. The highest BCUT2D eigenvalue weighted by molar-refractivity contribution is 9.10. The molecule has 0 saturated carbocycles. The molecule has 2 rings (SSSR count). The van der Waals surface area contributed by atoms with Crippen molar-refractivity contribution in [3.05, 3.63) is 51.2 Å². The molecule has 3 nitrogen and oxygen atoms in total. The minimum atomic E-state index is -0.102. The second-order valence-corrected chi connectivity index (χ2v) is 5.27. The second kappa shape index (κ2) is 5.67. The van der Waals surface area contributed by atoms with Crippen LogP contribution in [0, 0.1) is 0 Å². The number of hydrogen-bond donors (Lipinski definition) is 0. The van der Waals surface area contributed by atoms with Gasteiger partial charge >= 0.3 is 0 Å². The lowest BCUT2D eigenvalue weighted by atomic mass is 10.1. The van der Waals surface area contributed by atoms with Crippen LogP contribution in [-0.2, 0) is 6.54 Å². The predicted molar refractivity (Wildman–Crippen MR) is 75.1 cm³/mol. The van der Waals surface area contributed by atoms with Crippen LogP contribution in [0.1, 0.15) is 29.3 Å². The SMILES string of the molecule is CCCn1cc(C(=O)c2ccc(Br)cc2Cl)cn1. The summed E-state index contributed by atoms with van der Waals surface area (Å²) in [4.78, 5) is 12.2. The highest BCUT2D eigenvalue weighted by atomic mass is 79.9. The van der Waals surface area contributed by atoms with Gasteiger partial charge < -0.3 is 0 Å². The van der Waals surface area contributed by atoms with Crippen LogP contribution in [0.3, 0.4) is 0 Å². The van der Waals surface area contributed by atoms with Gasteiger partial charge in [-0.3, -0.25) is 9.48 Å². The fourth-order valence-electron chi connectivity index (χ4n) is 1.66. The summed E-state index contributed by atoms with van der Waals surface area (Å²) in [5.74, 6) is -0.102. The Morgan fingerprint density at radius 2 is 2.28 bits per heavy atom. The van der Waals surface area contributed by atoms with Crippen molar-refractivity contribution in [2.45, 2.75) is 19.9 Å². The van der Waals surface area contributed by atoms with Crippen LogP contribution < -0.4 is 0 Å². The third kappa shape index (κ3) is 2.82. The third-order valence-corrected chi connectivity index (χ3v) is 3.33. The molecule has 0 aliphatic heterocycles. The molecule has 0 fully saturated rings. The molecular weight excluding hydrogens is 316 g/mol. The van der Waals surface area contributed by atoms with E-state index in [1.165, 1.54) is 0 Å². The van der Waals surface area contributed by atoms with E-state index in [4.69, 9.17) is 11.6 Å². The number of halogens is 2. The summed E-state index contributed by atoms with van der Waals surface area (Å²) in [5.41, 5.74) is 1.06. The Morgan fingerprint density at radius 3 is 2.94 bits per heavy atom. The van der Waals surface area contributed by atoms with E-state index in [1.807, 2.05) is 0 Å². The quantitative estimate of drug-likeness (QED) is 0.797. The molecule has 0 amide bonds. The van der Waals surface area contributed by atoms with Gasteiger partial charge in [0.2, 0.25) is 0 Å². The summed E-state index contributed by atoms with van der Waals surface area (Å²) in [6.07, 6.45) is 4.31. The van der Waals surface area contributed by atoms with Gasteiger partial charge in [0.15, 0.2) is 5.78 Å². The fraction of sp³-hybridized carbons (Fsp3) is 0.231. The Bertz CT molecular complexity index is 580. The van der Waals surface area contributed by atoms with Crippen molar-refractivity contribution < 1.29 is 4.79 Å². The average Bonchev–Trinajstić information content (AvgIpc) is 2.77. The second-order valence-electron chi connectivity index (χ2n) is 3.95. The van der Waals surface area contributed by atoms with Crippen LogP contribution in [0.5, 0.6) is 0 Å². The summed E-state index contributed by atoms with van der Waals surface area (Å²) in [6, 6.07) is 5.23. The van der Waals surface area contributed by atoms with E-state index in [9.17, 15) is 4.79 Å². The van der Waals surface area contributed by atoms with Crippen molar-refractivity contribution in [1.82, 2.24) is 9.78 Å². The summed E-state index contributed by atoms with van der Waals surface area (Å²) in [6.45, 7) is 2.87. The Balaban J connectivity index is 2.29. The molecule has 0 N–H and O–H groups in total. The van der Waals surface area contributed by atoms with Crippen LogP contribution in [0.15, 0.2) is 35.1 Å². The smallest absolute Gasteiger partial charge is 0.197 e. The zero-order valence-electron chi connectivity index (χ0n) is 9.86. The number of nitrogens with zero attached hydrogens (tertiary/aromatic N) is 2. The Morgan fingerprint density at radius 1 is 1.50 bits per heavy atom. The van der Waals surface area contributed by atoms with Gasteiger partial charge in [-0.05, 0) is 24.6 Å². The van der Waals surface area contributed by atoms with Gasteiger partial charge in [-0.25, -0.2) is 0 Å². The summed E-state index contributed by atoms with van der Waals surface area (Å²) in [5, 5.41) is 4.59. The topological polar surface area (TPSA) is 34.9 Å². The summed E-state index contributed by atoms with van der Waals surface area (Å²) < 4.78 is 2.62. The number of hydrogen-bond acceptors (Lipinski definition) is 2. The number of carbonyl (C=O) groups excluding carboxylic acids is 1. The van der Waals surface area contributed by atoms with E-state index in [1.54, 1.807) is 35.3 Å². The molecule has 0 radical (unpaired) electrons. The third-order valence-electron chi connectivity index (χ3n) is 2.52. The number of benzene rings is 1. The van der Waals surface area contributed by atoms with Crippen molar-refractivity contribution in [3.8, 4) is 0 Å². The maximum atomic E-state index is 12.2. The molecule has 2 aromatic rings. The Kier molecular flexibility index (Phi) is 4.19. The van der Waals surface area contributed by atoms with Gasteiger partial charge in [-0.2, -0.15) is 5.10 Å². The lowest BCUT2D eigenvalue weighted by Gasteiger charge is -2.02. The number of aryl methyl sites for hydroxylation is 1. The molecule has 0 aliphatic rings. The van der Waals surface area contributed by atoms with Gasteiger partial charge in [0.05, 0.1) is 16.8 Å². The van der Waals surface area contributed by atoms with Crippen molar-refractivity contribution in [3.63, 3.8) is 0 Å². The Labute approximate surface area is 119 Å². The van der Waals surface area contributed by atoms with E-state index in [-0.39, 0.29) is 5.78 Å². The van der Waals surface area contributed by atoms with E-state index in [2.05, 4.69) is 28.0 Å². The normalized spacial score (nSPS) is 10.6. The molecule has 0 unspecified atom stereocenters. The van der Waals surface area contributed by atoms with Crippen molar-refractivity contribution in [1.29, 1.82) is 0 Å². The molecule has 0 atom stereocenters. The monoisotopic (exact) mass is 326 g/mol. The lowest BCUT2D eigenvalue weighted by molar-refractivity contribution is 0.103. The van der Waals surface area contributed by atoms with Gasteiger partial charge in [0, 0.05) is 22.8 Å². The fourth-order valence-corrected chi connectivity index (χ4v) is 2.42. The first-order valence-corrected chi connectivity index (χ1v) is 6.81. The number of carbonyl (C=O) groups is 1. The van der Waals surface area contributed by atoms with Crippen LogP contribution in [0.25, 0.3) is 0 Å². The van der Waals surface area contributed by atoms with Crippen molar-refractivity contribution >= 4 is 33.3 Å². The highest BCUT2D eigenvalue weighted by Gasteiger charge is 2.14. The largest absolute Gasteiger partial charge is 0.288 e. The van der Waals surface area contributed by atoms with Crippen LogP contribution >= 0.6 is 27.5 Å². The molecule has 0 bridgehead atoms. The summed E-state index contributed by atoms with van der Waals surface area (Å²) in [7, 11) is 0. The minimum absolute atomic E-state index is 0.102. The van der Waals surface area contributed by atoms with E-state index < -0.39 is 0 Å². The zero-order valence-corrected chi connectivity index (χ0v) is 12.2. The molecule has 0 aliphatic carbocycles. The predicted octanol–water partition coefficient (Wildman–Crippen LogP) is 3.94. The van der Waals surface area contributed by atoms with Gasteiger partial charge in [-0.1, -0.05) is 34.5 Å². The van der Waals surface area contributed by atoms with Crippen LogP contribution in [0.2, 0.25) is 5.02 Å². The van der Waals surface area contributed by atoms with E-state index >= 15 is 0 Å². The standard InChI is InChI=1S/C13H12BrClN2O/c1-2-5-17-8-9(7-16-17)13(18)11-4-3-10(14)6-12(11)15/h3-4,6-8H,2,5H2,1H3. The molecule has 0 saturated heterocycles.